The molecule has 0 atom stereocenters. The van der Waals surface area contributed by atoms with E-state index in [4.69, 9.17) is 9.47 Å². The highest BCUT2D eigenvalue weighted by atomic mass is 16.5. The van der Waals surface area contributed by atoms with Crippen LogP contribution in [0.3, 0.4) is 0 Å². The van der Waals surface area contributed by atoms with Crippen LogP contribution in [0.25, 0.3) is 6.08 Å². The predicted molar refractivity (Wildman–Crippen MR) is 115 cm³/mol. The van der Waals surface area contributed by atoms with Gasteiger partial charge < -0.3 is 19.5 Å². The van der Waals surface area contributed by atoms with Gasteiger partial charge >= 0.3 is 5.97 Å². The highest BCUT2D eigenvalue weighted by Crippen LogP contribution is 2.36. The summed E-state index contributed by atoms with van der Waals surface area (Å²) in [4.78, 5) is 27.3. The van der Waals surface area contributed by atoms with Crippen LogP contribution in [0, 0.1) is 0 Å². The van der Waals surface area contributed by atoms with Crippen LogP contribution >= 0.6 is 0 Å². The molecule has 1 aromatic rings. The number of nitrogens with zero attached hydrogens (tertiary/aromatic N) is 1. The lowest BCUT2D eigenvalue weighted by atomic mass is 9.97. The van der Waals surface area contributed by atoms with E-state index in [9.17, 15) is 14.7 Å². The molecule has 0 fully saturated rings. The van der Waals surface area contributed by atoms with Gasteiger partial charge in [-0.25, -0.2) is 4.79 Å². The lowest BCUT2D eigenvalue weighted by Crippen LogP contribution is -2.26. The normalized spacial score (nSPS) is 18.1. The molecule has 0 saturated heterocycles. The smallest absolute Gasteiger partial charge is 0.340 e. The second kappa shape index (κ2) is 9.65. The number of phenolic OH excluding ortho intramolecular Hbond substituents is 1. The Bertz CT molecular complexity index is 926. The average Bonchev–Trinajstić information content (AvgIpc) is 2.99. The molecule has 3 rings (SSSR count). The fourth-order valence-corrected chi connectivity index (χ4v) is 3.97. The topological polar surface area (TPSA) is 76.1 Å². The number of benzene rings is 1. The fourth-order valence-electron chi connectivity index (χ4n) is 3.97. The van der Waals surface area contributed by atoms with Gasteiger partial charge in [-0.15, -0.1) is 0 Å². The summed E-state index contributed by atoms with van der Waals surface area (Å²) >= 11 is 0. The molecule has 1 aromatic carbocycles. The number of para-hydroxylation sites is 1. The number of amides is 1. The third kappa shape index (κ3) is 4.42. The summed E-state index contributed by atoms with van der Waals surface area (Å²) in [6.07, 6.45) is 9.14. The Morgan fingerprint density at radius 3 is 2.77 bits per heavy atom. The van der Waals surface area contributed by atoms with Crippen molar-refractivity contribution < 1.29 is 24.2 Å². The van der Waals surface area contributed by atoms with Crippen LogP contribution in [-0.4, -0.2) is 42.1 Å². The summed E-state index contributed by atoms with van der Waals surface area (Å²) in [6.45, 7) is 4.50. The van der Waals surface area contributed by atoms with Crippen LogP contribution in [-0.2, 0) is 14.3 Å². The zero-order chi connectivity index (χ0) is 21.7. The number of carbonyl (C=O) groups is 2. The van der Waals surface area contributed by atoms with Gasteiger partial charge in [-0.3, -0.25) is 4.79 Å². The first-order valence-corrected chi connectivity index (χ1v) is 10.4. The van der Waals surface area contributed by atoms with Gasteiger partial charge in [0.2, 0.25) is 0 Å². The number of hydrogen-bond donors (Lipinski definition) is 1. The quantitative estimate of drug-likeness (QED) is 0.410. The molecule has 160 valence electrons. The number of allylic oxidation sites excluding steroid dienone is 2. The summed E-state index contributed by atoms with van der Waals surface area (Å²) in [5.74, 6) is -0.552. The molecular formula is C24H29NO5. The first kappa shape index (κ1) is 21.7. The van der Waals surface area contributed by atoms with Gasteiger partial charge in [0.15, 0.2) is 11.5 Å². The van der Waals surface area contributed by atoms with Gasteiger partial charge in [-0.2, -0.15) is 0 Å². The summed E-state index contributed by atoms with van der Waals surface area (Å²) < 4.78 is 10.4. The maximum atomic E-state index is 13.2. The Labute approximate surface area is 177 Å². The van der Waals surface area contributed by atoms with E-state index in [0.29, 0.717) is 30.2 Å². The molecule has 0 aromatic heterocycles. The number of hydrogen-bond acceptors (Lipinski definition) is 5. The molecule has 1 aliphatic heterocycles. The van der Waals surface area contributed by atoms with Crippen LogP contribution in [0.15, 0.2) is 46.7 Å². The van der Waals surface area contributed by atoms with E-state index in [1.54, 1.807) is 30.0 Å². The number of carbonyl (C=O) groups excluding carboxylic acids is 2. The van der Waals surface area contributed by atoms with E-state index in [0.717, 1.165) is 19.3 Å². The Morgan fingerprint density at radius 2 is 2.10 bits per heavy atom. The lowest BCUT2D eigenvalue weighted by molar-refractivity contribution is -0.136. The molecule has 30 heavy (non-hydrogen) atoms. The third-order valence-corrected chi connectivity index (χ3v) is 5.57. The van der Waals surface area contributed by atoms with Crippen molar-refractivity contribution in [3.05, 3.63) is 52.3 Å². The first-order chi connectivity index (χ1) is 14.5. The molecule has 0 saturated carbocycles. The molecule has 0 unspecified atom stereocenters. The minimum atomic E-state index is -0.563. The highest BCUT2D eigenvalue weighted by Gasteiger charge is 2.37. The molecule has 0 bridgehead atoms. The van der Waals surface area contributed by atoms with Crippen LogP contribution in [0.4, 0.5) is 0 Å². The monoisotopic (exact) mass is 411 g/mol. The number of phenols is 1. The Balaban J connectivity index is 1.94. The van der Waals surface area contributed by atoms with Crippen molar-refractivity contribution in [2.75, 3.05) is 20.3 Å². The maximum absolute atomic E-state index is 13.2. The summed E-state index contributed by atoms with van der Waals surface area (Å²) in [6, 6.07) is 5.07. The van der Waals surface area contributed by atoms with Gasteiger partial charge in [0.25, 0.3) is 5.91 Å². The zero-order valence-corrected chi connectivity index (χ0v) is 17.9. The van der Waals surface area contributed by atoms with E-state index in [1.165, 1.54) is 31.6 Å². The molecule has 6 nitrogen and oxygen atoms in total. The second-order valence-electron chi connectivity index (χ2n) is 7.45. The van der Waals surface area contributed by atoms with Gasteiger partial charge in [-0.05, 0) is 58.1 Å². The van der Waals surface area contributed by atoms with Crippen molar-refractivity contribution in [1.29, 1.82) is 0 Å². The van der Waals surface area contributed by atoms with Gasteiger partial charge in [-0.1, -0.05) is 23.8 Å². The summed E-state index contributed by atoms with van der Waals surface area (Å²) in [5.41, 5.74) is 2.81. The van der Waals surface area contributed by atoms with E-state index < -0.39 is 5.97 Å². The zero-order valence-electron chi connectivity index (χ0n) is 17.9. The van der Waals surface area contributed by atoms with E-state index in [2.05, 4.69) is 6.08 Å². The standard InChI is InChI=1S/C24H29NO5/c1-4-30-20-12-8-11-18(22(20)26)15-19-21(24(28)29-3)16(2)25(23(19)27)14-13-17-9-6-5-7-10-17/h8-9,11-12,15,26H,4-7,10,13-14H2,1-3H3/b19-15-. The predicted octanol–water partition coefficient (Wildman–Crippen LogP) is 4.35. The molecule has 1 heterocycles. The van der Waals surface area contributed by atoms with Gasteiger partial charge in [0.1, 0.15) is 0 Å². The number of methoxy groups -OCH3 is 1. The van der Waals surface area contributed by atoms with Crippen LogP contribution < -0.4 is 4.74 Å². The Hall–Kier alpha value is -3.02. The minimum absolute atomic E-state index is 0.0627. The molecule has 1 aliphatic carbocycles. The number of ether oxygens (including phenoxy) is 2. The Morgan fingerprint density at radius 1 is 1.30 bits per heavy atom. The molecule has 2 aliphatic rings. The van der Waals surface area contributed by atoms with Crippen molar-refractivity contribution in [3.8, 4) is 11.5 Å². The van der Waals surface area contributed by atoms with Crippen LogP contribution in [0.2, 0.25) is 0 Å². The molecule has 6 heteroatoms. The third-order valence-electron chi connectivity index (χ3n) is 5.57. The summed E-state index contributed by atoms with van der Waals surface area (Å²) in [7, 11) is 1.30. The molecule has 0 radical (unpaired) electrons. The van der Waals surface area contributed by atoms with Crippen molar-refractivity contribution in [3.63, 3.8) is 0 Å². The maximum Gasteiger partial charge on any atom is 0.340 e. The largest absolute Gasteiger partial charge is 0.504 e. The van der Waals surface area contributed by atoms with Crippen LogP contribution in [0.5, 0.6) is 11.5 Å². The fraction of sp³-hybridized carbons (Fsp3) is 0.417. The van der Waals surface area contributed by atoms with Gasteiger partial charge in [0, 0.05) is 17.8 Å². The minimum Gasteiger partial charge on any atom is -0.504 e. The SMILES string of the molecule is CCOc1cccc(/C=C2\C(=O)N(CCC3=CCCCC3)C(C)=C2C(=O)OC)c1O. The molecule has 1 N–H and O–H groups in total. The van der Waals surface area contributed by atoms with Gasteiger partial charge in [0.05, 0.1) is 24.9 Å². The molecule has 0 spiro atoms. The molecule has 1 amide bonds. The number of rotatable bonds is 7. The average molecular weight is 411 g/mol. The molecular weight excluding hydrogens is 382 g/mol. The summed E-state index contributed by atoms with van der Waals surface area (Å²) in [5, 5.41) is 10.5. The Kier molecular flexibility index (Phi) is 6.98. The number of aromatic hydroxyl groups is 1. The lowest BCUT2D eigenvalue weighted by Gasteiger charge is -2.20. The van der Waals surface area contributed by atoms with E-state index in [-0.39, 0.29) is 22.8 Å². The number of esters is 1. The van der Waals surface area contributed by atoms with Crippen molar-refractivity contribution in [2.45, 2.75) is 46.0 Å². The van der Waals surface area contributed by atoms with Crippen LogP contribution in [0.1, 0.15) is 51.5 Å². The highest BCUT2D eigenvalue weighted by molar-refractivity contribution is 6.16. The first-order valence-electron chi connectivity index (χ1n) is 10.4. The van der Waals surface area contributed by atoms with Crippen molar-refractivity contribution >= 4 is 18.0 Å². The van der Waals surface area contributed by atoms with E-state index in [1.807, 2.05) is 6.92 Å². The second-order valence-corrected chi connectivity index (χ2v) is 7.45. The van der Waals surface area contributed by atoms with Crippen molar-refractivity contribution in [2.24, 2.45) is 0 Å². The van der Waals surface area contributed by atoms with Crippen molar-refractivity contribution in [1.82, 2.24) is 4.90 Å². The van der Waals surface area contributed by atoms with E-state index >= 15 is 0 Å².